The minimum atomic E-state index is -0.411. The molecular weight excluding hydrogens is 343 g/mol. The van der Waals surface area contributed by atoms with Crippen LogP contribution in [0.1, 0.15) is 17.2 Å². The molecule has 1 aliphatic rings. The first kappa shape index (κ1) is 15.3. The van der Waals surface area contributed by atoms with Crippen LogP contribution in [0.2, 0.25) is 10.0 Å². The number of non-ortho nitro benzene ring substituents is 1. The zero-order valence-corrected chi connectivity index (χ0v) is 13.5. The Labute approximate surface area is 141 Å². The molecule has 0 aliphatic carbocycles. The van der Waals surface area contributed by atoms with E-state index in [1.807, 2.05) is 0 Å². The molecule has 0 N–H and O–H groups in total. The van der Waals surface area contributed by atoms with Crippen molar-refractivity contribution in [3.63, 3.8) is 0 Å². The van der Waals surface area contributed by atoms with Crippen LogP contribution in [0.4, 0.5) is 5.69 Å². The maximum atomic E-state index is 10.7. The fourth-order valence-corrected chi connectivity index (χ4v) is 4.04. The summed E-state index contributed by atoms with van der Waals surface area (Å²) in [5.41, 5.74) is 1.77. The molecule has 1 heterocycles. The molecule has 0 saturated carbocycles. The summed E-state index contributed by atoms with van der Waals surface area (Å²) >= 11 is 14.0. The number of nitrogens with zero attached hydrogens (tertiary/aromatic N) is 2. The Morgan fingerprint density at radius 2 is 1.77 bits per heavy atom. The summed E-state index contributed by atoms with van der Waals surface area (Å²) in [7, 11) is 0. The normalized spacial score (nSPS) is 17.4. The van der Waals surface area contributed by atoms with Gasteiger partial charge in [0, 0.05) is 23.4 Å². The molecule has 22 heavy (non-hydrogen) atoms. The number of hydrogen-bond acceptors (Lipinski definition) is 4. The molecule has 3 rings (SSSR count). The Bertz CT molecular complexity index is 742. The molecule has 2 aromatic rings. The van der Waals surface area contributed by atoms with Gasteiger partial charge in [-0.3, -0.25) is 15.1 Å². The van der Waals surface area contributed by atoms with Gasteiger partial charge < -0.3 is 0 Å². The Morgan fingerprint density at radius 3 is 2.36 bits per heavy atom. The van der Waals surface area contributed by atoms with Gasteiger partial charge in [-0.1, -0.05) is 41.4 Å². The van der Waals surface area contributed by atoms with Gasteiger partial charge in [0.15, 0.2) is 0 Å². The average molecular weight is 353 g/mol. The number of benzene rings is 2. The number of thioether (sulfide) groups is 1. The lowest BCUT2D eigenvalue weighted by atomic mass is 10.1. The highest BCUT2D eigenvalue weighted by molar-refractivity contribution is 8.14. The van der Waals surface area contributed by atoms with E-state index in [0.29, 0.717) is 10.0 Å². The van der Waals surface area contributed by atoms with E-state index in [0.717, 1.165) is 21.9 Å². The number of hydrogen-bond donors (Lipinski definition) is 0. The van der Waals surface area contributed by atoms with Crippen LogP contribution in [0.5, 0.6) is 0 Å². The van der Waals surface area contributed by atoms with Crippen molar-refractivity contribution < 1.29 is 4.92 Å². The van der Waals surface area contributed by atoms with Gasteiger partial charge in [-0.25, -0.2) is 0 Å². The van der Waals surface area contributed by atoms with Crippen LogP contribution >= 0.6 is 35.0 Å². The molecule has 0 saturated heterocycles. The zero-order chi connectivity index (χ0) is 15.7. The molecule has 112 valence electrons. The highest BCUT2D eigenvalue weighted by Crippen LogP contribution is 2.37. The lowest BCUT2D eigenvalue weighted by Gasteiger charge is -2.06. The Kier molecular flexibility index (Phi) is 4.38. The summed E-state index contributed by atoms with van der Waals surface area (Å²) in [6, 6.07) is 11.8. The van der Waals surface area contributed by atoms with Crippen molar-refractivity contribution in [3.05, 3.63) is 73.8 Å². The predicted molar refractivity (Wildman–Crippen MR) is 91.3 cm³/mol. The van der Waals surface area contributed by atoms with Crippen molar-refractivity contribution in [3.8, 4) is 0 Å². The van der Waals surface area contributed by atoms with Crippen molar-refractivity contribution in [2.45, 2.75) is 6.04 Å². The number of nitro benzene ring substituents is 1. The maximum absolute atomic E-state index is 10.7. The van der Waals surface area contributed by atoms with Crippen molar-refractivity contribution in [2.24, 2.45) is 4.99 Å². The van der Waals surface area contributed by atoms with Crippen LogP contribution < -0.4 is 0 Å². The lowest BCUT2D eigenvalue weighted by molar-refractivity contribution is -0.384. The maximum Gasteiger partial charge on any atom is 0.269 e. The highest BCUT2D eigenvalue weighted by atomic mass is 35.5. The summed E-state index contributed by atoms with van der Waals surface area (Å²) in [5, 5.41) is 12.6. The molecule has 1 unspecified atom stereocenters. The molecule has 0 fully saturated rings. The van der Waals surface area contributed by atoms with Gasteiger partial charge in [-0.05, 0) is 17.7 Å². The topological polar surface area (TPSA) is 55.5 Å². The second-order valence-corrected chi connectivity index (χ2v) is 6.53. The van der Waals surface area contributed by atoms with Crippen molar-refractivity contribution in [1.82, 2.24) is 0 Å². The van der Waals surface area contributed by atoms with Crippen molar-refractivity contribution >= 4 is 45.7 Å². The predicted octanol–water partition coefficient (Wildman–Crippen LogP) is 5.14. The Hall–Kier alpha value is -1.56. The van der Waals surface area contributed by atoms with E-state index in [9.17, 15) is 10.1 Å². The van der Waals surface area contributed by atoms with Gasteiger partial charge in [0.1, 0.15) is 5.04 Å². The molecule has 0 aromatic heterocycles. The summed E-state index contributed by atoms with van der Waals surface area (Å²) in [4.78, 5) is 14.9. The molecule has 1 atom stereocenters. The van der Waals surface area contributed by atoms with E-state index < -0.39 is 4.92 Å². The summed E-state index contributed by atoms with van der Waals surface area (Å²) in [6.45, 7) is 0. The zero-order valence-electron chi connectivity index (χ0n) is 11.2. The first-order valence-corrected chi connectivity index (χ1v) is 8.20. The van der Waals surface area contributed by atoms with Gasteiger partial charge in [0.05, 0.1) is 21.0 Å². The molecule has 0 spiro atoms. The minimum Gasteiger partial charge on any atom is -0.269 e. The lowest BCUT2D eigenvalue weighted by Crippen LogP contribution is -1.96. The number of aliphatic imine (C=N–C) groups is 1. The van der Waals surface area contributed by atoms with Gasteiger partial charge in [-0.15, -0.1) is 11.8 Å². The molecular formula is C15H10Cl2N2O2S. The number of nitro groups is 1. The van der Waals surface area contributed by atoms with Crippen LogP contribution in [-0.2, 0) is 0 Å². The Balaban J connectivity index is 1.89. The molecule has 2 aromatic carbocycles. The molecule has 0 amide bonds. The van der Waals surface area contributed by atoms with Gasteiger partial charge in [0.2, 0.25) is 0 Å². The smallest absolute Gasteiger partial charge is 0.269 e. The van der Waals surface area contributed by atoms with Crippen LogP contribution in [0.3, 0.4) is 0 Å². The average Bonchev–Trinajstić information content (AvgIpc) is 2.97. The SMILES string of the molecule is O=[N+]([O-])c1ccc(C2CSC(c3c(Cl)cccc3Cl)=N2)cc1. The quantitative estimate of drug-likeness (QED) is 0.567. The number of halogens is 2. The second kappa shape index (κ2) is 6.28. The third-order valence-corrected chi connectivity index (χ3v) is 5.01. The van der Waals surface area contributed by atoms with E-state index in [2.05, 4.69) is 4.99 Å². The van der Waals surface area contributed by atoms with Crippen molar-refractivity contribution in [2.75, 3.05) is 5.75 Å². The largest absolute Gasteiger partial charge is 0.269 e. The fourth-order valence-electron chi connectivity index (χ4n) is 2.20. The monoisotopic (exact) mass is 352 g/mol. The van der Waals surface area contributed by atoms with Crippen LogP contribution in [0, 0.1) is 10.1 Å². The van der Waals surface area contributed by atoms with Crippen LogP contribution in [0.25, 0.3) is 0 Å². The third-order valence-electron chi connectivity index (χ3n) is 3.32. The molecule has 4 nitrogen and oxygen atoms in total. The summed E-state index contributed by atoms with van der Waals surface area (Å²) < 4.78 is 0. The van der Waals surface area contributed by atoms with Crippen LogP contribution in [0.15, 0.2) is 47.5 Å². The fraction of sp³-hybridized carbons (Fsp3) is 0.133. The number of rotatable bonds is 3. The first-order valence-electron chi connectivity index (χ1n) is 6.45. The van der Waals surface area contributed by atoms with Gasteiger partial charge in [-0.2, -0.15) is 0 Å². The van der Waals surface area contributed by atoms with E-state index in [4.69, 9.17) is 23.2 Å². The molecule has 7 heteroatoms. The van der Waals surface area contributed by atoms with E-state index in [1.54, 1.807) is 42.1 Å². The standard InChI is InChI=1S/C15H10Cl2N2O2S/c16-11-2-1-3-12(17)14(11)15-18-13(8-22-15)9-4-6-10(7-5-9)19(20)21/h1-7,13H,8H2. The van der Waals surface area contributed by atoms with Crippen molar-refractivity contribution in [1.29, 1.82) is 0 Å². The molecule has 1 aliphatic heterocycles. The molecule has 0 bridgehead atoms. The van der Waals surface area contributed by atoms with E-state index in [1.165, 1.54) is 12.1 Å². The van der Waals surface area contributed by atoms with E-state index >= 15 is 0 Å². The van der Waals surface area contributed by atoms with E-state index in [-0.39, 0.29) is 11.7 Å². The van der Waals surface area contributed by atoms with Gasteiger partial charge in [0.25, 0.3) is 5.69 Å². The van der Waals surface area contributed by atoms with Crippen LogP contribution in [-0.4, -0.2) is 15.7 Å². The highest BCUT2D eigenvalue weighted by Gasteiger charge is 2.24. The Morgan fingerprint density at radius 1 is 1.14 bits per heavy atom. The first-order chi connectivity index (χ1) is 10.6. The molecule has 0 radical (unpaired) electrons. The minimum absolute atomic E-state index is 0.0480. The third kappa shape index (κ3) is 2.97. The summed E-state index contributed by atoms with van der Waals surface area (Å²) in [5.74, 6) is 0.759. The summed E-state index contributed by atoms with van der Waals surface area (Å²) in [6.07, 6.45) is 0. The second-order valence-electron chi connectivity index (χ2n) is 4.71. The van der Waals surface area contributed by atoms with Gasteiger partial charge >= 0.3 is 0 Å².